The number of nitrogen functional groups attached to an aromatic ring is 1. The Morgan fingerprint density at radius 1 is 1.46 bits per heavy atom. The molecule has 0 atom stereocenters. The zero-order chi connectivity index (χ0) is 9.10. The molecule has 1 aliphatic rings. The number of anilines is 1. The van der Waals surface area contributed by atoms with Crippen LogP contribution in [-0.4, -0.2) is 11.0 Å². The van der Waals surface area contributed by atoms with Crippen LogP contribution >= 0.6 is 0 Å². The third-order valence-corrected chi connectivity index (χ3v) is 2.52. The average Bonchev–Trinajstić information content (AvgIpc) is 2.01. The van der Waals surface area contributed by atoms with Crippen molar-refractivity contribution >= 4 is 5.69 Å². The third-order valence-electron chi connectivity index (χ3n) is 2.52. The van der Waals surface area contributed by atoms with Crippen LogP contribution in [0.25, 0.3) is 0 Å². The summed E-state index contributed by atoms with van der Waals surface area (Å²) in [5.41, 5.74) is 7.54. The number of hydrogen-bond acceptors (Lipinski definition) is 3. The number of nitrogens with one attached hydrogen (secondary N) is 1. The molecule has 1 heterocycles. The van der Waals surface area contributed by atoms with E-state index >= 15 is 0 Å². The molecule has 0 amide bonds. The predicted octanol–water partition coefficient (Wildman–Crippen LogP) is 1.31. The standard InChI is InChI=1S/C10H15N3/c11-9-4-8(5-12-7-9)6-13-10-2-1-3-10/h4-5,7,10,13H,1-3,6,11H2. The Balaban J connectivity index is 1.86. The summed E-state index contributed by atoms with van der Waals surface area (Å²) in [6.07, 6.45) is 7.53. The molecule has 0 aromatic carbocycles. The van der Waals surface area contributed by atoms with E-state index in [9.17, 15) is 0 Å². The lowest BCUT2D eigenvalue weighted by Crippen LogP contribution is -2.34. The lowest BCUT2D eigenvalue weighted by Gasteiger charge is -2.26. The van der Waals surface area contributed by atoms with Crippen LogP contribution in [0.5, 0.6) is 0 Å². The van der Waals surface area contributed by atoms with Crippen LogP contribution in [0.4, 0.5) is 5.69 Å². The highest BCUT2D eigenvalue weighted by molar-refractivity contribution is 5.36. The first-order chi connectivity index (χ1) is 6.34. The second-order valence-corrected chi connectivity index (χ2v) is 3.64. The van der Waals surface area contributed by atoms with Gasteiger partial charge >= 0.3 is 0 Å². The zero-order valence-corrected chi connectivity index (χ0v) is 7.66. The second kappa shape index (κ2) is 3.75. The van der Waals surface area contributed by atoms with E-state index in [2.05, 4.69) is 10.3 Å². The molecule has 1 fully saturated rings. The number of rotatable bonds is 3. The summed E-state index contributed by atoms with van der Waals surface area (Å²) in [7, 11) is 0. The van der Waals surface area contributed by atoms with Gasteiger partial charge in [0.15, 0.2) is 0 Å². The van der Waals surface area contributed by atoms with Crippen molar-refractivity contribution in [2.24, 2.45) is 0 Å². The Bertz CT molecular complexity index is 281. The first-order valence-electron chi connectivity index (χ1n) is 4.77. The van der Waals surface area contributed by atoms with E-state index in [-0.39, 0.29) is 0 Å². The summed E-state index contributed by atoms with van der Waals surface area (Å²) in [4.78, 5) is 4.04. The van der Waals surface area contributed by atoms with E-state index < -0.39 is 0 Å². The van der Waals surface area contributed by atoms with Gasteiger partial charge in [0.05, 0.1) is 5.69 Å². The Hall–Kier alpha value is -1.09. The molecule has 0 unspecified atom stereocenters. The molecule has 0 spiro atoms. The highest BCUT2D eigenvalue weighted by Gasteiger charge is 2.15. The molecular weight excluding hydrogens is 162 g/mol. The molecule has 2 rings (SSSR count). The van der Waals surface area contributed by atoms with Crippen LogP contribution in [0.2, 0.25) is 0 Å². The van der Waals surface area contributed by atoms with Crippen molar-refractivity contribution in [3.8, 4) is 0 Å². The highest BCUT2D eigenvalue weighted by Crippen LogP contribution is 2.18. The summed E-state index contributed by atoms with van der Waals surface area (Å²) < 4.78 is 0. The van der Waals surface area contributed by atoms with Crippen molar-refractivity contribution in [1.82, 2.24) is 10.3 Å². The fourth-order valence-corrected chi connectivity index (χ4v) is 1.48. The molecule has 3 nitrogen and oxygen atoms in total. The fourth-order valence-electron chi connectivity index (χ4n) is 1.48. The molecule has 3 heteroatoms. The highest BCUT2D eigenvalue weighted by atomic mass is 14.9. The second-order valence-electron chi connectivity index (χ2n) is 3.64. The molecule has 0 radical (unpaired) electrons. The SMILES string of the molecule is Nc1cncc(CNC2CCC2)c1. The minimum absolute atomic E-state index is 0.724. The van der Waals surface area contributed by atoms with E-state index in [1.54, 1.807) is 6.20 Å². The normalized spacial score (nSPS) is 16.9. The van der Waals surface area contributed by atoms with Gasteiger partial charge in [-0.05, 0) is 24.5 Å². The van der Waals surface area contributed by atoms with Gasteiger partial charge in [0.25, 0.3) is 0 Å². The number of hydrogen-bond donors (Lipinski definition) is 2. The van der Waals surface area contributed by atoms with Gasteiger partial charge in [-0.3, -0.25) is 4.98 Å². The lowest BCUT2D eigenvalue weighted by atomic mass is 9.93. The largest absolute Gasteiger partial charge is 0.397 e. The van der Waals surface area contributed by atoms with Crippen molar-refractivity contribution in [1.29, 1.82) is 0 Å². The molecule has 0 saturated heterocycles. The molecule has 70 valence electrons. The maximum atomic E-state index is 5.62. The van der Waals surface area contributed by atoms with Gasteiger partial charge in [0.1, 0.15) is 0 Å². The fraction of sp³-hybridized carbons (Fsp3) is 0.500. The van der Waals surface area contributed by atoms with Crippen LogP contribution < -0.4 is 11.1 Å². The maximum Gasteiger partial charge on any atom is 0.0503 e. The monoisotopic (exact) mass is 177 g/mol. The smallest absolute Gasteiger partial charge is 0.0503 e. The van der Waals surface area contributed by atoms with Crippen molar-refractivity contribution < 1.29 is 0 Å². The van der Waals surface area contributed by atoms with E-state index in [4.69, 9.17) is 5.73 Å². The van der Waals surface area contributed by atoms with Crippen molar-refractivity contribution in [2.75, 3.05) is 5.73 Å². The predicted molar refractivity (Wildman–Crippen MR) is 53.1 cm³/mol. The van der Waals surface area contributed by atoms with Gasteiger partial charge in [0, 0.05) is 25.0 Å². The van der Waals surface area contributed by atoms with Gasteiger partial charge in [-0.2, -0.15) is 0 Å². The first-order valence-corrected chi connectivity index (χ1v) is 4.77. The minimum atomic E-state index is 0.724. The van der Waals surface area contributed by atoms with Crippen LogP contribution in [0, 0.1) is 0 Å². The molecule has 3 N–H and O–H groups in total. The van der Waals surface area contributed by atoms with Crippen molar-refractivity contribution in [2.45, 2.75) is 31.8 Å². The first kappa shape index (κ1) is 8.51. The Labute approximate surface area is 78.4 Å². The number of nitrogens with zero attached hydrogens (tertiary/aromatic N) is 1. The van der Waals surface area contributed by atoms with E-state index in [1.807, 2.05) is 12.3 Å². The number of pyridine rings is 1. The lowest BCUT2D eigenvalue weighted by molar-refractivity contribution is 0.338. The Kier molecular flexibility index (Phi) is 2.45. The van der Waals surface area contributed by atoms with E-state index in [1.165, 1.54) is 24.8 Å². The molecule has 1 aromatic rings. The van der Waals surface area contributed by atoms with E-state index in [0.717, 1.165) is 18.3 Å². The maximum absolute atomic E-state index is 5.62. The van der Waals surface area contributed by atoms with Gasteiger partial charge in [-0.25, -0.2) is 0 Å². The van der Waals surface area contributed by atoms with Crippen molar-refractivity contribution in [3.63, 3.8) is 0 Å². The quantitative estimate of drug-likeness (QED) is 0.731. The molecule has 13 heavy (non-hydrogen) atoms. The van der Waals surface area contributed by atoms with Crippen LogP contribution in [0.1, 0.15) is 24.8 Å². The molecule has 0 bridgehead atoms. The summed E-state index contributed by atoms with van der Waals surface area (Å²) in [6, 6.07) is 2.69. The van der Waals surface area contributed by atoms with Gasteiger partial charge < -0.3 is 11.1 Å². The van der Waals surface area contributed by atoms with E-state index in [0.29, 0.717) is 0 Å². The van der Waals surface area contributed by atoms with Gasteiger partial charge in [-0.1, -0.05) is 6.42 Å². The van der Waals surface area contributed by atoms with Crippen LogP contribution in [-0.2, 0) is 6.54 Å². The van der Waals surface area contributed by atoms with Gasteiger partial charge in [-0.15, -0.1) is 0 Å². The van der Waals surface area contributed by atoms with Crippen molar-refractivity contribution in [3.05, 3.63) is 24.0 Å². The van der Waals surface area contributed by atoms with Gasteiger partial charge in [0.2, 0.25) is 0 Å². The summed E-state index contributed by atoms with van der Waals surface area (Å²) >= 11 is 0. The molecule has 0 aliphatic heterocycles. The van der Waals surface area contributed by atoms with Crippen LogP contribution in [0.3, 0.4) is 0 Å². The summed E-state index contributed by atoms with van der Waals surface area (Å²) in [6.45, 7) is 0.892. The van der Waals surface area contributed by atoms with Crippen LogP contribution in [0.15, 0.2) is 18.5 Å². The molecular formula is C10H15N3. The summed E-state index contributed by atoms with van der Waals surface area (Å²) in [5, 5.41) is 3.47. The topological polar surface area (TPSA) is 50.9 Å². The molecule has 1 aliphatic carbocycles. The Morgan fingerprint density at radius 3 is 2.92 bits per heavy atom. The Morgan fingerprint density at radius 2 is 2.31 bits per heavy atom. The number of aromatic nitrogens is 1. The molecule has 1 saturated carbocycles. The minimum Gasteiger partial charge on any atom is -0.397 e. The number of nitrogens with two attached hydrogens (primary N) is 1. The zero-order valence-electron chi connectivity index (χ0n) is 7.66. The molecule has 1 aromatic heterocycles. The summed E-state index contributed by atoms with van der Waals surface area (Å²) in [5.74, 6) is 0. The average molecular weight is 177 g/mol. The third kappa shape index (κ3) is 2.18.